The number of hydrogen-bond donors (Lipinski definition) is 1. The first-order valence-electron chi connectivity index (χ1n) is 6.27. The van der Waals surface area contributed by atoms with Gasteiger partial charge >= 0.3 is 5.97 Å². The van der Waals surface area contributed by atoms with Crippen LogP contribution in [-0.2, 0) is 4.79 Å². The third kappa shape index (κ3) is 2.82. The Labute approximate surface area is 126 Å². The summed E-state index contributed by atoms with van der Waals surface area (Å²) in [7, 11) is 1.45. The first kappa shape index (κ1) is 15.2. The molecule has 0 atom stereocenters. The molecule has 0 bridgehead atoms. The molecule has 6 nitrogen and oxygen atoms in total. The molecule has 0 radical (unpaired) electrons. The Morgan fingerprint density at radius 1 is 1.38 bits per heavy atom. The van der Waals surface area contributed by atoms with Crippen molar-refractivity contribution in [2.75, 3.05) is 7.05 Å². The standard InChI is InChI=1S/C14H16N2O4S/c1-8-5-6-10(20-8)11-15-9(7-21-11)12(17)16(4)14(2,3)13(18)19/h5-7H,1-4H3,(H,18,19). The summed E-state index contributed by atoms with van der Waals surface area (Å²) in [6, 6.07) is 3.60. The van der Waals surface area contributed by atoms with Crippen molar-refractivity contribution >= 4 is 23.2 Å². The lowest BCUT2D eigenvalue weighted by Gasteiger charge is -2.30. The summed E-state index contributed by atoms with van der Waals surface area (Å²) in [4.78, 5) is 28.9. The highest BCUT2D eigenvalue weighted by Crippen LogP contribution is 2.26. The third-order valence-electron chi connectivity index (χ3n) is 3.34. The van der Waals surface area contributed by atoms with Crippen LogP contribution in [0.15, 0.2) is 21.9 Å². The second kappa shape index (κ2) is 5.33. The number of carboxylic acids is 1. The molecule has 2 aromatic heterocycles. The number of nitrogens with zero attached hydrogens (tertiary/aromatic N) is 2. The van der Waals surface area contributed by atoms with Crippen molar-refractivity contribution in [2.24, 2.45) is 0 Å². The van der Waals surface area contributed by atoms with Gasteiger partial charge in [-0.05, 0) is 32.9 Å². The number of thiazole rings is 1. The van der Waals surface area contributed by atoms with Crippen LogP contribution in [0.25, 0.3) is 10.8 Å². The van der Waals surface area contributed by atoms with Gasteiger partial charge in [-0.1, -0.05) is 0 Å². The molecule has 0 aliphatic carbocycles. The zero-order valence-electron chi connectivity index (χ0n) is 12.2. The van der Waals surface area contributed by atoms with Gasteiger partial charge in [0.2, 0.25) is 0 Å². The molecular weight excluding hydrogens is 292 g/mol. The molecule has 0 spiro atoms. The fourth-order valence-corrected chi connectivity index (χ4v) is 2.36. The fourth-order valence-electron chi connectivity index (χ4n) is 1.60. The maximum absolute atomic E-state index is 12.3. The van der Waals surface area contributed by atoms with Crippen LogP contribution >= 0.6 is 11.3 Å². The van der Waals surface area contributed by atoms with Gasteiger partial charge in [-0.25, -0.2) is 9.78 Å². The number of aliphatic carboxylic acids is 1. The van der Waals surface area contributed by atoms with Crippen molar-refractivity contribution in [1.82, 2.24) is 9.88 Å². The lowest BCUT2D eigenvalue weighted by molar-refractivity contribution is -0.147. The van der Waals surface area contributed by atoms with Crippen molar-refractivity contribution in [2.45, 2.75) is 26.3 Å². The fraction of sp³-hybridized carbons (Fsp3) is 0.357. The predicted octanol–water partition coefficient (Wildman–Crippen LogP) is 2.65. The van der Waals surface area contributed by atoms with E-state index in [4.69, 9.17) is 9.52 Å². The van der Waals surface area contributed by atoms with Gasteiger partial charge in [0.05, 0.1) is 0 Å². The molecule has 0 saturated heterocycles. The molecular formula is C14H16N2O4S. The van der Waals surface area contributed by atoms with Gasteiger partial charge in [0.1, 0.15) is 17.0 Å². The molecule has 1 amide bonds. The molecule has 0 unspecified atom stereocenters. The lowest BCUT2D eigenvalue weighted by atomic mass is 10.0. The van der Waals surface area contributed by atoms with E-state index in [2.05, 4.69) is 4.98 Å². The Bertz CT molecular complexity index is 687. The topological polar surface area (TPSA) is 83.6 Å². The van der Waals surface area contributed by atoms with E-state index >= 15 is 0 Å². The van der Waals surface area contributed by atoms with Crippen LogP contribution in [0, 0.1) is 6.92 Å². The van der Waals surface area contributed by atoms with Gasteiger partial charge in [0.15, 0.2) is 10.8 Å². The van der Waals surface area contributed by atoms with E-state index in [9.17, 15) is 9.59 Å². The van der Waals surface area contributed by atoms with Crippen molar-refractivity contribution in [3.8, 4) is 10.8 Å². The molecule has 0 saturated carbocycles. The van der Waals surface area contributed by atoms with Crippen molar-refractivity contribution in [3.05, 3.63) is 29.0 Å². The SMILES string of the molecule is Cc1ccc(-c2nc(C(=O)N(C)C(C)(C)C(=O)O)cs2)o1. The molecule has 0 fully saturated rings. The Balaban J connectivity index is 2.25. The molecule has 0 aliphatic rings. The van der Waals surface area contributed by atoms with E-state index < -0.39 is 17.4 Å². The van der Waals surface area contributed by atoms with Gasteiger partial charge in [0.25, 0.3) is 5.91 Å². The minimum Gasteiger partial charge on any atom is -0.480 e. The number of likely N-dealkylation sites (N-methyl/N-ethyl adjacent to an activating group) is 1. The Morgan fingerprint density at radius 3 is 2.57 bits per heavy atom. The number of furan rings is 1. The monoisotopic (exact) mass is 308 g/mol. The summed E-state index contributed by atoms with van der Waals surface area (Å²) in [5.74, 6) is -0.155. The smallest absolute Gasteiger partial charge is 0.329 e. The second-order valence-electron chi connectivity index (χ2n) is 5.18. The lowest BCUT2D eigenvalue weighted by Crippen LogP contribution is -2.50. The van der Waals surface area contributed by atoms with E-state index in [1.165, 1.54) is 37.1 Å². The number of rotatable bonds is 4. The number of aryl methyl sites for hydroxylation is 1. The summed E-state index contributed by atoms with van der Waals surface area (Å²) in [5, 5.41) is 11.4. The second-order valence-corrected chi connectivity index (χ2v) is 6.03. The van der Waals surface area contributed by atoms with E-state index in [1.807, 2.05) is 13.0 Å². The van der Waals surface area contributed by atoms with Crippen LogP contribution in [0.5, 0.6) is 0 Å². The van der Waals surface area contributed by atoms with Crippen molar-refractivity contribution < 1.29 is 19.1 Å². The van der Waals surface area contributed by atoms with Crippen molar-refractivity contribution in [3.63, 3.8) is 0 Å². The van der Waals surface area contributed by atoms with Crippen LogP contribution in [0.3, 0.4) is 0 Å². The molecule has 2 heterocycles. The summed E-state index contributed by atoms with van der Waals surface area (Å²) < 4.78 is 5.46. The van der Waals surface area contributed by atoms with E-state index in [0.717, 1.165) is 5.76 Å². The minimum absolute atomic E-state index is 0.209. The zero-order valence-corrected chi connectivity index (χ0v) is 13.0. The molecule has 0 aliphatic heterocycles. The number of carboxylic acid groups (broad SMARTS) is 1. The number of hydrogen-bond acceptors (Lipinski definition) is 5. The number of amides is 1. The quantitative estimate of drug-likeness (QED) is 0.938. The molecule has 2 rings (SSSR count). The van der Waals surface area contributed by atoms with E-state index in [1.54, 1.807) is 11.4 Å². The van der Waals surface area contributed by atoms with Gasteiger partial charge in [-0.2, -0.15) is 0 Å². The third-order valence-corrected chi connectivity index (χ3v) is 4.20. The highest BCUT2D eigenvalue weighted by molar-refractivity contribution is 7.13. The number of aromatic nitrogens is 1. The van der Waals surface area contributed by atoms with Gasteiger partial charge < -0.3 is 14.4 Å². The van der Waals surface area contributed by atoms with E-state index in [0.29, 0.717) is 10.8 Å². The highest BCUT2D eigenvalue weighted by atomic mass is 32.1. The number of carbonyl (C=O) groups excluding carboxylic acids is 1. The molecule has 2 aromatic rings. The molecule has 0 aromatic carbocycles. The average molecular weight is 308 g/mol. The van der Waals surface area contributed by atoms with Crippen LogP contribution < -0.4 is 0 Å². The van der Waals surface area contributed by atoms with Crippen LogP contribution in [0.2, 0.25) is 0 Å². The Hall–Kier alpha value is -2.15. The first-order chi connectivity index (χ1) is 9.73. The Kier molecular flexibility index (Phi) is 3.87. The summed E-state index contributed by atoms with van der Waals surface area (Å²) in [6.45, 7) is 4.76. The molecule has 21 heavy (non-hydrogen) atoms. The maximum Gasteiger partial charge on any atom is 0.329 e. The van der Waals surface area contributed by atoms with Gasteiger partial charge in [-0.3, -0.25) is 4.79 Å². The average Bonchev–Trinajstić information content (AvgIpc) is 3.05. The summed E-state index contributed by atoms with van der Waals surface area (Å²) in [5.41, 5.74) is -1.09. The largest absolute Gasteiger partial charge is 0.480 e. The normalized spacial score (nSPS) is 11.4. The predicted molar refractivity (Wildman–Crippen MR) is 78.4 cm³/mol. The molecule has 112 valence electrons. The van der Waals surface area contributed by atoms with Crippen LogP contribution in [0.4, 0.5) is 0 Å². The van der Waals surface area contributed by atoms with E-state index in [-0.39, 0.29) is 5.69 Å². The zero-order chi connectivity index (χ0) is 15.8. The van der Waals surface area contributed by atoms with Crippen LogP contribution in [0.1, 0.15) is 30.1 Å². The van der Waals surface area contributed by atoms with Crippen LogP contribution in [-0.4, -0.2) is 39.5 Å². The first-order valence-corrected chi connectivity index (χ1v) is 7.15. The highest BCUT2D eigenvalue weighted by Gasteiger charge is 2.36. The van der Waals surface area contributed by atoms with Crippen molar-refractivity contribution in [1.29, 1.82) is 0 Å². The summed E-state index contributed by atoms with van der Waals surface area (Å²) in [6.07, 6.45) is 0. The van der Waals surface area contributed by atoms with Gasteiger partial charge in [-0.15, -0.1) is 11.3 Å². The molecule has 1 N–H and O–H groups in total. The van der Waals surface area contributed by atoms with Gasteiger partial charge in [0, 0.05) is 12.4 Å². The minimum atomic E-state index is -1.30. The summed E-state index contributed by atoms with van der Waals surface area (Å²) >= 11 is 1.28. The molecule has 7 heteroatoms. The Morgan fingerprint density at radius 2 is 2.05 bits per heavy atom. The maximum atomic E-state index is 12.3. The number of carbonyl (C=O) groups is 2.